The van der Waals surface area contributed by atoms with Crippen LogP contribution in [0.5, 0.6) is 0 Å². The van der Waals surface area contributed by atoms with Crippen molar-refractivity contribution in [1.29, 1.82) is 0 Å². The standard InChI is InChI=1S/C18H18Cl2N2O2/c1-2-4-17(23)22-14-6-3-5-12(9-14)11-21-18(24)15-10-13(19)7-8-16(15)20/h3,5-10H,2,4,11H2,1H3,(H,21,24)(H,22,23). The molecule has 2 rings (SSSR count). The molecule has 4 nitrogen and oxygen atoms in total. The van der Waals surface area contributed by atoms with Crippen molar-refractivity contribution >= 4 is 40.7 Å². The van der Waals surface area contributed by atoms with Crippen LogP contribution in [0.4, 0.5) is 5.69 Å². The van der Waals surface area contributed by atoms with E-state index in [0.29, 0.717) is 34.3 Å². The average molecular weight is 365 g/mol. The summed E-state index contributed by atoms with van der Waals surface area (Å²) >= 11 is 11.9. The zero-order valence-corrected chi connectivity index (χ0v) is 14.7. The predicted molar refractivity (Wildman–Crippen MR) is 97.6 cm³/mol. The van der Waals surface area contributed by atoms with Gasteiger partial charge in [-0.1, -0.05) is 42.3 Å². The maximum absolute atomic E-state index is 12.2. The molecule has 24 heavy (non-hydrogen) atoms. The number of benzene rings is 2. The predicted octanol–water partition coefficient (Wildman–Crippen LogP) is 4.66. The molecule has 0 unspecified atom stereocenters. The molecule has 0 aliphatic rings. The lowest BCUT2D eigenvalue weighted by Crippen LogP contribution is -2.23. The summed E-state index contributed by atoms with van der Waals surface area (Å²) in [5.41, 5.74) is 1.91. The van der Waals surface area contributed by atoms with E-state index in [-0.39, 0.29) is 11.8 Å². The van der Waals surface area contributed by atoms with Crippen LogP contribution in [0.15, 0.2) is 42.5 Å². The Kier molecular flexibility index (Phi) is 6.64. The highest BCUT2D eigenvalue weighted by atomic mass is 35.5. The molecule has 2 aromatic rings. The molecule has 0 aliphatic heterocycles. The minimum Gasteiger partial charge on any atom is -0.348 e. The Morgan fingerprint density at radius 3 is 2.62 bits per heavy atom. The molecule has 0 aromatic heterocycles. The molecule has 0 saturated heterocycles. The Hall–Kier alpha value is -2.04. The second-order valence-electron chi connectivity index (χ2n) is 5.31. The van der Waals surface area contributed by atoms with Crippen molar-refractivity contribution in [2.75, 3.05) is 5.32 Å². The van der Waals surface area contributed by atoms with E-state index < -0.39 is 0 Å². The fourth-order valence-corrected chi connectivity index (χ4v) is 2.53. The van der Waals surface area contributed by atoms with Crippen LogP contribution in [-0.2, 0) is 11.3 Å². The van der Waals surface area contributed by atoms with Gasteiger partial charge in [0.05, 0.1) is 10.6 Å². The SMILES string of the molecule is CCCC(=O)Nc1cccc(CNC(=O)c2cc(Cl)ccc2Cl)c1. The lowest BCUT2D eigenvalue weighted by atomic mass is 10.1. The van der Waals surface area contributed by atoms with E-state index in [2.05, 4.69) is 10.6 Å². The summed E-state index contributed by atoms with van der Waals surface area (Å²) in [5.74, 6) is -0.327. The number of carbonyl (C=O) groups excluding carboxylic acids is 2. The van der Waals surface area contributed by atoms with Gasteiger partial charge < -0.3 is 10.6 Å². The molecule has 0 radical (unpaired) electrons. The van der Waals surface area contributed by atoms with Gasteiger partial charge in [-0.2, -0.15) is 0 Å². The maximum Gasteiger partial charge on any atom is 0.253 e. The van der Waals surface area contributed by atoms with E-state index in [1.54, 1.807) is 12.1 Å². The van der Waals surface area contributed by atoms with Crippen molar-refractivity contribution in [3.8, 4) is 0 Å². The first-order chi connectivity index (χ1) is 11.5. The number of halogens is 2. The third kappa shape index (κ3) is 5.25. The van der Waals surface area contributed by atoms with Crippen LogP contribution in [-0.4, -0.2) is 11.8 Å². The van der Waals surface area contributed by atoms with Gasteiger partial charge in [0.15, 0.2) is 0 Å². The minimum absolute atomic E-state index is 0.0237. The van der Waals surface area contributed by atoms with E-state index in [9.17, 15) is 9.59 Å². The molecule has 6 heteroatoms. The summed E-state index contributed by atoms with van der Waals surface area (Å²) in [5, 5.41) is 6.42. The molecule has 0 aliphatic carbocycles. The molecule has 2 amide bonds. The highest BCUT2D eigenvalue weighted by Gasteiger charge is 2.11. The highest BCUT2D eigenvalue weighted by Crippen LogP contribution is 2.20. The Labute approximate surface area is 151 Å². The molecule has 0 saturated carbocycles. The van der Waals surface area contributed by atoms with Gasteiger partial charge in [0, 0.05) is 23.7 Å². The first-order valence-electron chi connectivity index (χ1n) is 7.61. The highest BCUT2D eigenvalue weighted by molar-refractivity contribution is 6.35. The molecule has 2 aromatic carbocycles. The van der Waals surface area contributed by atoms with E-state index in [4.69, 9.17) is 23.2 Å². The van der Waals surface area contributed by atoms with Gasteiger partial charge in [-0.15, -0.1) is 0 Å². The monoisotopic (exact) mass is 364 g/mol. The average Bonchev–Trinajstić information content (AvgIpc) is 2.55. The number of hydrogen-bond donors (Lipinski definition) is 2. The second kappa shape index (κ2) is 8.71. The number of rotatable bonds is 6. The molecular formula is C18H18Cl2N2O2. The van der Waals surface area contributed by atoms with Crippen LogP contribution in [0.3, 0.4) is 0 Å². The number of nitrogens with one attached hydrogen (secondary N) is 2. The number of anilines is 1. The van der Waals surface area contributed by atoms with Crippen LogP contribution < -0.4 is 10.6 Å². The van der Waals surface area contributed by atoms with E-state index in [0.717, 1.165) is 12.0 Å². The van der Waals surface area contributed by atoms with Gasteiger partial charge in [0.2, 0.25) is 5.91 Å². The Bertz CT molecular complexity index is 748. The van der Waals surface area contributed by atoms with Gasteiger partial charge >= 0.3 is 0 Å². The van der Waals surface area contributed by atoms with Gasteiger partial charge in [-0.05, 0) is 42.3 Å². The van der Waals surface area contributed by atoms with E-state index in [1.165, 1.54) is 6.07 Å². The van der Waals surface area contributed by atoms with Crippen LogP contribution in [0.1, 0.15) is 35.7 Å². The number of amides is 2. The van der Waals surface area contributed by atoms with Crippen LogP contribution >= 0.6 is 23.2 Å². The fourth-order valence-electron chi connectivity index (χ4n) is 2.16. The maximum atomic E-state index is 12.2. The summed E-state index contributed by atoms with van der Waals surface area (Å²) < 4.78 is 0. The summed E-state index contributed by atoms with van der Waals surface area (Å²) in [7, 11) is 0. The van der Waals surface area contributed by atoms with Crippen molar-refractivity contribution in [2.24, 2.45) is 0 Å². The molecule has 126 valence electrons. The molecule has 0 bridgehead atoms. The lowest BCUT2D eigenvalue weighted by Gasteiger charge is -2.09. The Balaban J connectivity index is 2.00. The third-order valence-corrected chi connectivity index (χ3v) is 3.88. The van der Waals surface area contributed by atoms with Gasteiger partial charge in [0.1, 0.15) is 0 Å². The first-order valence-corrected chi connectivity index (χ1v) is 8.37. The quantitative estimate of drug-likeness (QED) is 0.782. The summed E-state index contributed by atoms with van der Waals surface area (Å²) in [4.78, 5) is 23.9. The third-order valence-electron chi connectivity index (χ3n) is 3.31. The lowest BCUT2D eigenvalue weighted by molar-refractivity contribution is -0.116. The smallest absolute Gasteiger partial charge is 0.253 e. The summed E-state index contributed by atoms with van der Waals surface area (Å²) in [6.45, 7) is 2.27. The van der Waals surface area contributed by atoms with Crippen molar-refractivity contribution in [2.45, 2.75) is 26.3 Å². The second-order valence-corrected chi connectivity index (χ2v) is 6.15. The van der Waals surface area contributed by atoms with Gasteiger partial charge in [-0.3, -0.25) is 9.59 Å². The molecule has 0 heterocycles. The van der Waals surface area contributed by atoms with Crippen molar-refractivity contribution in [1.82, 2.24) is 5.32 Å². The number of hydrogen-bond acceptors (Lipinski definition) is 2. The van der Waals surface area contributed by atoms with Crippen molar-refractivity contribution in [3.63, 3.8) is 0 Å². The van der Waals surface area contributed by atoms with E-state index in [1.807, 2.05) is 31.2 Å². The van der Waals surface area contributed by atoms with Crippen LogP contribution in [0.2, 0.25) is 10.0 Å². The first kappa shape index (κ1) is 18.3. The molecule has 0 fully saturated rings. The van der Waals surface area contributed by atoms with Crippen molar-refractivity contribution in [3.05, 3.63) is 63.6 Å². The molecule has 0 atom stereocenters. The Morgan fingerprint density at radius 1 is 1.08 bits per heavy atom. The fraction of sp³-hybridized carbons (Fsp3) is 0.222. The minimum atomic E-state index is -0.303. The van der Waals surface area contributed by atoms with E-state index >= 15 is 0 Å². The number of carbonyl (C=O) groups is 2. The van der Waals surface area contributed by atoms with Crippen molar-refractivity contribution < 1.29 is 9.59 Å². The zero-order valence-electron chi connectivity index (χ0n) is 13.2. The molecular weight excluding hydrogens is 347 g/mol. The topological polar surface area (TPSA) is 58.2 Å². The molecule has 2 N–H and O–H groups in total. The largest absolute Gasteiger partial charge is 0.348 e. The van der Waals surface area contributed by atoms with Crippen LogP contribution in [0.25, 0.3) is 0 Å². The Morgan fingerprint density at radius 2 is 1.88 bits per heavy atom. The van der Waals surface area contributed by atoms with Gasteiger partial charge in [0.25, 0.3) is 5.91 Å². The van der Waals surface area contributed by atoms with Gasteiger partial charge in [-0.25, -0.2) is 0 Å². The normalized spacial score (nSPS) is 10.3. The molecule has 0 spiro atoms. The zero-order chi connectivity index (χ0) is 17.5. The van der Waals surface area contributed by atoms with Crippen LogP contribution in [0, 0.1) is 0 Å². The summed E-state index contributed by atoms with van der Waals surface area (Å²) in [6, 6.07) is 12.1. The summed E-state index contributed by atoms with van der Waals surface area (Å²) in [6.07, 6.45) is 1.27.